The first-order chi connectivity index (χ1) is 15.5. The Kier molecular flexibility index (Phi) is 10.9. The van der Waals surface area contributed by atoms with Crippen molar-refractivity contribution in [1.29, 1.82) is 0 Å². The molecule has 3 N–H and O–H groups in total. The molecule has 0 aromatic heterocycles. The third-order valence-corrected chi connectivity index (χ3v) is 5.11. The average molecular weight is 449 g/mol. The maximum absolute atomic E-state index is 12.3. The van der Waals surface area contributed by atoms with E-state index in [-0.39, 0.29) is 12.3 Å². The Labute approximate surface area is 189 Å². The predicted molar refractivity (Wildman–Crippen MR) is 124 cm³/mol. The molecule has 0 spiro atoms. The molecule has 0 saturated heterocycles. The molecule has 0 saturated carbocycles. The van der Waals surface area contributed by atoms with Crippen molar-refractivity contribution in [2.75, 3.05) is 26.2 Å². The van der Waals surface area contributed by atoms with Crippen molar-refractivity contribution < 1.29 is 18.6 Å². The fourth-order valence-electron chi connectivity index (χ4n) is 3.24. The second kappa shape index (κ2) is 13.6. The number of alkyl halides is 2. The highest BCUT2D eigenvalue weighted by molar-refractivity contribution is 5.79. The summed E-state index contributed by atoms with van der Waals surface area (Å²) in [4.78, 5) is 7.04. The van der Waals surface area contributed by atoms with Crippen LogP contribution in [0.3, 0.4) is 0 Å². The van der Waals surface area contributed by atoms with E-state index >= 15 is 0 Å². The zero-order valence-electron chi connectivity index (χ0n) is 19.0. The van der Waals surface area contributed by atoms with E-state index in [0.29, 0.717) is 24.6 Å². The van der Waals surface area contributed by atoms with Gasteiger partial charge in [-0.15, -0.1) is 0 Å². The first-order valence-electron chi connectivity index (χ1n) is 11.0. The van der Waals surface area contributed by atoms with Crippen molar-refractivity contribution in [1.82, 2.24) is 15.5 Å². The lowest BCUT2D eigenvalue weighted by Gasteiger charge is -2.20. The minimum atomic E-state index is -2.87. The Morgan fingerprint density at radius 2 is 1.66 bits per heavy atom. The second-order valence-electron chi connectivity index (χ2n) is 7.27. The van der Waals surface area contributed by atoms with Gasteiger partial charge in [0.25, 0.3) is 0 Å². The van der Waals surface area contributed by atoms with Crippen molar-refractivity contribution in [2.24, 2.45) is 4.99 Å². The Hall–Kier alpha value is -2.71. The first kappa shape index (κ1) is 25.5. The fraction of sp³-hybridized carbons (Fsp3) is 0.458. The Morgan fingerprint density at radius 1 is 1.00 bits per heavy atom. The molecule has 2 aromatic carbocycles. The molecule has 0 heterocycles. The van der Waals surface area contributed by atoms with Crippen LogP contribution < -0.4 is 15.4 Å². The molecule has 176 valence electrons. The number of rotatable bonds is 12. The first-order valence-corrected chi connectivity index (χ1v) is 11.0. The number of benzene rings is 2. The van der Waals surface area contributed by atoms with E-state index in [0.717, 1.165) is 25.2 Å². The highest BCUT2D eigenvalue weighted by Crippen LogP contribution is 2.19. The Bertz CT molecular complexity index is 827. The van der Waals surface area contributed by atoms with Crippen LogP contribution in [0.25, 0.3) is 0 Å². The summed E-state index contributed by atoms with van der Waals surface area (Å²) in [7, 11) is 0. The van der Waals surface area contributed by atoms with Gasteiger partial charge in [-0.25, -0.2) is 4.99 Å². The van der Waals surface area contributed by atoms with Crippen molar-refractivity contribution in [2.45, 2.75) is 46.6 Å². The molecule has 8 heteroatoms. The molecular weight excluding hydrogens is 414 g/mol. The molecule has 2 rings (SSSR count). The summed E-state index contributed by atoms with van der Waals surface area (Å²) >= 11 is 0. The van der Waals surface area contributed by atoms with E-state index < -0.39 is 12.7 Å². The van der Waals surface area contributed by atoms with E-state index in [1.807, 2.05) is 19.1 Å². The summed E-state index contributed by atoms with van der Waals surface area (Å²) in [6, 6.07) is 14.2. The van der Waals surface area contributed by atoms with E-state index in [9.17, 15) is 13.9 Å². The number of hydrogen-bond acceptors (Lipinski definition) is 4. The Balaban J connectivity index is 2.00. The summed E-state index contributed by atoms with van der Waals surface area (Å²) in [6.07, 6.45) is -0.825. The van der Waals surface area contributed by atoms with E-state index in [1.165, 1.54) is 17.7 Å². The monoisotopic (exact) mass is 448 g/mol. The maximum Gasteiger partial charge on any atom is 0.387 e. The van der Waals surface area contributed by atoms with Crippen LogP contribution in [-0.2, 0) is 13.1 Å². The van der Waals surface area contributed by atoms with E-state index in [1.54, 1.807) is 12.1 Å². The van der Waals surface area contributed by atoms with Crippen molar-refractivity contribution in [3.05, 3.63) is 65.2 Å². The number of aliphatic hydroxyl groups excluding tert-OH is 1. The van der Waals surface area contributed by atoms with Crippen LogP contribution >= 0.6 is 0 Å². The summed E-state index contributed by atoms with van der Waals surface area (Å²) < 4.78 is 28.9. The lowest BCUT2D eigenvalue weighted by atomic mass is 10.1. The number of aliphatic hydroxyl groups is 1. The lowest BCUT2D eigenvalue weighted by molar-refractivity contribution is -0.0498. The highest BCUT2D eigenvalue weighted by atomic mass is 19.3. The number of nitrogens with zero attached hydrogens (tertiary/aromatic N) is 2. The topological polar surface area (TPSA) is 69.1 Å². The van der Waals surface area contributed by atoms with Gasteiger partial charge in [0.15, 0.2) is 5.96 Å². The van der Waals surface area contributed by atoms with Gasteiger partial charge in [-0.1, -0.05) is 50.2 Å². The molecule has 6 nitrogen and oxygen atoms in total. The molecular formula is C24H34F2N4O2. The molecule has 0 amide bonds. The second-order valence-corrected chi connectivity index (χ2v) is 7.27. The van der Waals surface area contributed by atoms with Crippen LogP contribution in [-0.4, -0.2) is 48.8 Å². The third kappa shape index (κ3) is 8.43. The van der Waals surface area contributed by atoms with Crippen LogP contribution in [0.1, 0.15) is 43.6 Å². The molecule has 0 aliphatic heterocycles. The van der Waals surface area contributed by atoms with Crippen LogP contribution in [0.5, 0.6) is 5.75 Å². The van der Waals surface area contributed by atoms with E-state index in [2.05, 4.69) is 51.2 Å². The average Bonchev–Trinajstić information content (AvgIpc) is 2.79. The number of guanidine groups is 1. The van der Waals surface area contributed by atoms with Gasteiger partial charge >= 0.3 is 6.61 Å². The number of ether oxygens (including phenoxy) is 1. The lowest BCUT2D eigenvalue weighted by Crippen LogP contribution is -2.39. The molecule has 0 aliphatic carbocycles. The summed E-state index contributed by atoms with van der Waals surface area (Å²) in [5, 5.41) is 16.8. The standard InChI is InChI=1S/C24H34F2N4O2/c1-4-27-24(28-15-19-9-7-8-10-20(19)17-30(5-2)6-3)29-16-22(31)18-11-13-21(14-12-18)32-23(25)26/h7-14,22-23,31H,4-6,15-17H2,1-3H3,(H2,27,28,29). The zero-order valence-corrected chi connectivity index (χ0v) is 19.0. The third-order valence-electron chi connectivity index (χ3n) is 5.11. The summed E-state index contributed by atoms with van der Waals surface area (Å²) in [5.74, 6) is 0.657. The molecule has 32 heavy (non-hydrogen) atoms. The predicted octanol–water partition coefficient (Wildman–Crippen LogP) is 3.92. The normalized spacial score (nSPS) is 12.8. The Morgan fingerprint density at radius 3 is 2.25 bits per heavy atom. The largest absolute Gasteiger partial charge is 0.435 e. The minimum Gasteiger partial charge on any atom is -0.435 e. The fourth-order valence-corrected chi connectivity index (χ4v) is 3.24. The van der Waals surface area contributed by atoms with Gasteiger partial charge in [0.05, 0.1) is 12.6 Å². The molecule has 1 atom stereocenters. The number of aliphatic imine (C=N–C) groups is 1. The van der Waals surface area contributed by atoms with Gasteiger partial charge in [-0.3, -0.25) is 4.90 Å². The highest BCUT2D eigenvalue weighted by Gasteiger charge is 2.11. The van der Waals surface area contributed by atoms with Gasteiger partial charge in [0.1, 0.15) is 5.75 Å². The zero-order chi connectivity index (χ0) is 23.3. The maximum atomic E-state index is 12.3. The van der Waals surface area contributed by atoms with Crippen LogP contribution in [0.15, 0.2) is 53.5 Å². The van der Waals surface area contributed by atoms with Gasteiger partial charge in [0, 0.05) is 19.6 Å². The smallest absolute Gasteiger partial charge is 0.387 e. The van der Waals surface area contributed by atoms with Crippen LogP contribution in [0.2, 0.25) is 0 Å². The number of hydrogen-bond donors (Lipinski definition) is 3. The quantitative estimate of drug-likeness (QED) is 0.339. The molecule has 0 radical (unpaired) electrons. The van der Waals surface area contributed by atoms with Crippen LogP contribution in [0, 0.1) is 0 Å². The van der Waals surface area contributed by atoms with E-state index in [4.69, 9.17) is 0 Å². The molecule has 0 aliphatic rings. The van der Waals surface area contributed by atoms with Crippen LogP contribution in [0.4, 0.5) is 8.78 Å². The van der Waals surface area contributed by atoms with Crippen molar-refractivity contribution in [3.63, 3.8) is 0 Å². The molecule has 1 unspecified atom stereocenters. The van der Waals surface area contributed by atoms with Gasteiger partial charge in [0.2, 0.25) is 0 Å². The number of nitrogens with one attached hydrogen (secondary N) is 2. The summed E-state index contributed by atoms with van der Waals surface area (Å²) in [5.41, 5.74) is 3.01. The van der Waals surface area contributed by atoms with Crippen molar-refractivity contribution in [3.8, 4) is 5.75 Å². The molecule has 0 fully saturated rings. The molecule has 2 aromatic rings. The molecule has 0 bridgehead atoms. The number of halogens is 2. The van der Waals surface area contributed by atoms with Gasteiger partial charge < -0.3 is 20.5 Å². The van der Waals surface area contributed by atoms with Crippen molar-refractivity contribution >= 4 is 5.96 Å². The van der Waals surface area contributed by atoms with Gasteiger partial charge in [-0.05, 0) is 48.8 Å². The SMILES string of the molecule is CCNC(=NCc1ccccc1CN(CC)CC)NCC(O)c1ccc(OC(F)F)cc1. The summed E-state index contributed by atoms with van der Waals surface area (Å²) in [6.45, 7) is 7.70. The minimum absolute atomic E-state index is 0.0576. The van der Waals surface area contributed by atoms with Gasteiger partial charge in [-0.2, -0.15) is 8.78 Å².